The topological polar surface area (TPSA) is 21.8 Å². The van der Waals surface area contributed by atoms with Gasteiger partial charge in [-0.1, -0.05) is 13.8 Å². The van der Waals surface area contributed by atoms with Gasteiger partial charge in [-0.2, -0.15) is 0 Å². The van der Waals surface area contributed by atoms with Crippen LogP contribution in [0.3, 0.4) is 0 Å². The Morgan fingerprint density at radius 2 is 1.68 bits per heavy atom. The monoisotopic (exact) mass is 270 g/mol. The third kappa shape index (κ3) is 7.25. The molecule has 1 rings (SSSR count). The fourth-order valence-electron chi connectivity index (χ4n) is 2.54. The van der Waals surface area contributed by atoms with E-state index in [9.17, 15) is 0 Å². The maximum absolute atomic E-state index is 3.66. The molecule has 0 spiro atoms. The molecule has 0 aliphatic carbocycles. The minimum absolute atomic E-state index is 0.674. The lowest BCUT2D eigenvalue weighted by molar-refractivity contribution is 0.116. The summed E-state index contributed by atoms with van der Waals surface area (Å²) in [5, 5.41) is 3.66. The Kier molecular flexibility index (Phi) is 8.62. The first-order valence-corrected chi connectivity index (χ1v) is 7.98. The first-order valence-electron chi connectivity index (χ1n) is 7.98. The molecule has 1 aliphatic heterocycles. The van der Waals surface area contributed by atoms with E-state index in [-0.39, 0.29) is 0 Å². The standard InChI is InChI=1S/C15H34N4/c1-5-7-16-15(6-2)14-19-12-10-18(11-13-19)9-8-17(3)4/h15-16H,5-14H2,1-4H3. The van der Waals surface area contributed by atoms with Gasteiger partial charge in [0, 0.05) is 51.9 Å². The second kappa shape index (κ2) is 9.70. The van der Waals surface area contributed by atoms with Crippen molar-refractivity contribution in [2.75, 3.05) is 66.5 Å². The zero-order valence-corrected chi connectivity index (χ0v) is 13.5. The van der Waals surface area contributed by atoms with Crippen LogP contribution in [0.4, 0.5) is 0 Å². The lowest BCUT2D eigenvalue weighted by Gasteiger charge is -2.36. The van der Waals surface area contributed by atoms with Crippen molar-refractivity contribution in [1.29, 1.82) is 0 Å². The van der Waals surface area contributed by atoms with E-state index in [0.29, 0.717) is 6.04 Å². The van der Waals surface area contributed by atoms with Gasteiger partial charge in [-0.15, -0.1) is 0 Å². The summed E-state index contributed by atoms with van der Waals surface area (Å²) < 4.78 is 0. The summed E-state index contributed by atoms with van der Waals surface area (Å²) in [4.78, 5) is 7.49. The Balaban J connectivity index is 2.17. The molecule has 0 amide bonds. The van der Waals surface area contributed by atoms with E-state index in [0.717, 1.165) is 6.54 Å². The predicted octanol–water partition coefficient (Wildman–Crippen LogP) is 0.944. The molecule has 4 nitrogen and oxygen atoms in total. The van der Waals surface area contributed by atoms with Crippen LogP contribution in [0, 0.1) is 0 Å². The van der Waals surface area contributed by atoms with E-state index in [1.54, 1.807) is 0 Å². The summed E-state index contributed by atoms with van der Waals surface area (Å²) in [6, 6.07) is 0.674. The molecule has 1 saturated heterocycles. The first-order chi connectivity index (χ1) is 9.15. The number of nitrogens with zero attached hydrogens (tertiary/aromatic N) is 3. The van der Waals surface area contributed by atoms with Crippen LogP contribution in [0.5, 0.6) is 0 Å². The molecule has 0 aromatic carbocycles. The van der Waals surface area contributed by atoms with Gasteiger partial charge in [-0.05, 0) is 33.5 Å². The van der Waals surface area contributed by atoms with E-state index >= 15 is 0 Å². The predicted molar refractivity (Wildman–Crippen MR) is 83.8 cm³/mol. The molecule has 0 saturated carbocycles. The lowest BCUT2D eigenvalue weighted by Crippen LogP contribution is -2.51. The maximum Gasteiger partial charge on any atom is 0.0192 e. The van der Waals surface area contributed by atoms with Crippen molar-refractivity contribution in [2.45, 2.75) is 32.7 Å². The van der Waals surface area contributed by atoms with E-state index in [1.807, 2.05) is 0 Å². The van der Waals surface area contributed by atoms with Gasteiger partial charge in [-0.25, -0.2) is 0 Å². The average Bonchev–Trinajstić information content (AvgIpc) is 2.42. The quantitative estimate of drug-likeness (QED) is 0.673. The van der Waals surface area contributed by atoms with E-state index in [1.165, 1.54) is 58.7 Å². The highest BCUT2D eigenvalue weighted by Crippen LogP contribution is 2.04. The summed E-state index contributed by atoms with van der Waals surface area (Å²) >= 11 is 0. The molecule has 0 aromatic heterocycles. The molecule has 1 fully saturated rings. The summed E-state index contributed by atoms with van der Waals surface area (Å²) in [5.41, 5.74) is 0. The molecule has 1 unspecified atom stereocenters. The first kappa shape index (κ1) is 16.9. The van der Waals surface area contributed by atoms with Gasteiger partial charge in [0.25, 0.3) is 0 Å². The lowest BCUT2D eigenvalue weighted by atomic mass is 10.2. The van der Waals surface area contributed by atoms with Gasteiger partial charge in [0.2, 0.25) is 0 Å². The zero-order valence-electron chi connectivity index (χ0n) is 13.5. The number of hydrogen-bond donors (Lipinski definition) is 1. The Labute approximate surface area is 120 Å². The molecule has 1 heterocycles. The zero-order chi connectivity index (χ0) is 14.1. The summed E-state index contributed by atoms with van der Waals surface area (Å²) in [6.45, 7) is 14.2. The van der Waals surface area contributed by atoms with Crippen LogP contribution < -0.4 is 5.32 Å². The highest BCUT2D eigenvalue weighted by Gasteiger charge is 2.18. The van der Waals surface area contributed by atoms with Crippen LogP contribution in [0.1, 0.15) is 26.7 Å². The maximum atomic E-state index is 3.66. The van der Waals surface area contributed by atoms with E-state index in [2.05, 4.69) is 48.0 Å². The fraction of sp³-hybridized carbons (Fsp3) is 1.00. The fourth-order valence-corrected chi connectivity index (χ4v) is 2.54. The van der Waals surface area contributed by atoms with Gasteiger partial charge in [0.05, 0.1) is 0 Å². The van der Waals surface area contributed by atoms with Crippen molar-refractivity contribution < 1.29 is 0 Å². The van der Waals surface area contributed by atoms with Gasteiger partial charge < -0.3 is 10.2 Å². The van der Waals surface area contributed by atoms with E-state index in [4.69, 9.17) is 0 Å². The van der Waals surface area contributed by atoms with Crippen LogP contribution in [-0.4, -0.2) is 87.2 Å². The Bertz CT molecular complexity index is 212. The molecule has 4 heteroatoms. The van der Waals surface area contributed by atoms with Crippen LogP contribution >= 0.6 is 0 Å². The van der Waals surface area contributed by atoms with Gasteiger partial charge in [0.15, 0.2) is 0 Å². The number of rotatable bonds is 9. The van der Waals surface area contributed by atoms with E-state index < -0.39 is 0 Å². The molecule has 1 atom stereocenters. The Morgan fingerprint density at radius 1 is 1.05 bits per heavy atom. The van der Waals surface area contributed by atoms with Gasteiger partial charge >= 0.3 is 0 Å². The smallest absolute Gasteiger partial charge is 0.0192 e. The van der Waals surface area contributed by atoms with Crippen molar-refractivity contribution in [3.8, 4) is 0 Å². The molecule has 0 aromatic rings. The summed E-state index contributed by atoms with van der Waals surface area (Å²) in [7, 11) is 4.31. The highest BCUT2D eigenvalue weighted by molar-refractivity contribution is 4.77. The Morgan fingerprint density at radius 3 is 2.21 bits per heavy atom. The SMILES string of the molecule is CCCNC(CC)CN1CCN(CCN(C)C)CC1. The molecular formula is C15H34N4. The van der Waals surface area contributed by atoms with Crippen LogP contribution in [0.2, 0.25) is 0 Å². The summed E-state index contributed by atoms with van der Waals surface area (Å²) in [6.07, 6.45) is 2.47. The Hall–Kier alpha value is -0.160. The van der Waals surface area contributed by atoms with Crippen LogP contribution in [0.15, 0.2) is 0 Å². The number of nitrogens with one attached hydrogen (secondary N) is 1. The molecular weight excluding hydrogens is 236 g/mol. The van der Waals surface area contributed by atoms with Crippen molar-refractivity contribution in [1.82, 2.24) is 20.0 Å². The minimum Gasteiger partial charge on any atom is -0.313 e. The molecule has 0 bridgehead atoms. The molecule has 19 heavy (non-hydrogen) atoms. The van der Waals surface area contributed by atoms with Crippen molar-refractivity contribution >= 4 is 0 Å². The second-order valence-corrected chi connectivity index (χ2v) is 6.00. The van der Waals surface area contributed by atoms with Crippen molar-refractivity contribution in [3.63, 3.8) is 0 Å². The normalized spacial score (nSPS) is 20.1. The van der Waals surface area contributed by atoms with Crippen molar-refractivity contribution in [3.05, 3.63) is 0 Å². The minimum atomic E-state index is 0.674. The number of likely N-dealkylation sites (N-methyl/N-ethyl adjacent to an activating group) is 1. The summed E-state index contributed by atoms with van der Waals surface area (Å²) in [5.74, 6) is 0. The third-order valence-corrected chi connectivity index (χ3v) is 3.98. The molecule has 0 radical (unpaired) electrons. The van der Waals surface area contributed by atoms with Crippen LogP contribution in [-0.2, 0) is 0 Å². The molecule has 1 N–H and O–H groups in total. The second-order valence-electron chi connectivity index (χ2n) is 6.00. The van der Waals surface area contributed by atoms with Crippen LogP contribution in [0.25, 0.3) is 0 Å². The largest absolute Gasteiger partial charge is 0.313 e. The average molecular weight is 270 g/mol. The molecule has 1 aliphatic rings. The number of piperazine rings is 1. The highest BCUT2D eigenvalue weighted by atomic mass is 15.3. The third-order valence-electron chi connectivity index (χ3n) is 3.98. The molecule has 114 valence electrons. The van der Waals surface area contributed by atoms with Crippen molar-refractivity contribution in [2.24, 2.45) is 0 Å². The van der Waals surface area contributed by atoms with Gasteiger partial charge in [0.1, 0.15) is 0 Å². The van der Waals surface area contributed by atoms with Gasteiger partial charge in [-0.3, -0.25) is 9.80 Å². The number of hydrogen-bond acceptors (Lipinski definition) is 4.